The number of carbonyl (C=O) groups excluding carboxylic acids is 1. The average Bonchev–Trinajstić information content (AvgIpc) is 3.29. The fourth-order valence-electron chi connectivity index (χ4n) is 3.68. The van der Waals surface area contributed by atoms with Gasteiger partial charge in [-0.3, -0.25) is 4.79 Å². The van der Waals surface area contributed by atoms with Crippen LogP contribution in [0.25, 0.3) is 10.9 Å². The van der Waals surface area contributed by atoms with Crippen molar-refractivity contribution in [3.8, 4) is 0 Å². The maximum absolute atomic E-state index is 12.6. The van der Waals surface area contributed by atoms with Crippen molar-refractivity contribution in [3.63, 3.8) is 0 Å². The molecule has 0 radical (unpaired) electrons. The van der Waals surface area contributed by atoms with Crippen LogP contribution in [0.2, 0.25) is 0 Å². The average molecular weight is 346 g/mol. The Morgan fingerprint density at radius 3 is 2.42 bits per heavy atom. The molecule has 1 heterocycles. The van der Waals surface area contributed by atoms with Gasteiger partial charge >= 0.3 is 0 Å². The second kappa shape index (κ2) is 6.01. The van der Waals surface area contributed by atoms with Gasteiger partial charge in [-0.05, 0) is 47.6 Å². The highest BCUT2D eigenvalue weighted by atomic mass is 16.1. The summed E-state index contributed by atoms with van der Waals surface area (Å²) in [5, 5.41) is 4.43. The van der Waals surface area contributed by atoms with Crippen LogP contribution in [-0.2, 0) is 10.8 Å². The summed E-state index contributed by atoms with van der Waals surface area (Å²) >= 11 is 0. The van der Waals surface area contributed by atoms with Gasteiger partial charge in [0.25, 0.3) is 5.91 Å². The van der Waals surface area contributed by atoms with Crippen molar-refractivity contribution in [3.05, 3.63) is 71.4 Å². The first-order chi connectivity index (χ1) is 12.4. The molecule has 1 fully saturated rings. The molecule has 1 aliphatic carbocycles. The number of hydrogen-bond acceptors (Lipinski definition) is 1. The Labute approximate surface area is 154 Å². The van der Waals surface area contributed by atoms with Crippen LogP contribution in [0.5, 0.6) is 0 Å². The molecule has 0 aliphatic heterocycles. The molecule has 0 spiro atoms. The number of rotatable bonds is 4. The highest BCUT2D eigenvalue weighted by Gasteiger charge is 2.45. The molecule has 0 saturated heterocycles. The molecule has 0 atom stereocenters. The zero-order valence-electron chi connectivity index (χ0n) is 15.7. The van der Waals surface area contributed by atoms with E-state index >= 15 is 0 Å². The smallest absolute Gasteiger partial charge is 0.251 e. The number of para-hydroxylation sites is 1. The standard InChI is InChI=1S/C23H26N2O/c1-22(2,3)17-10-8-16(9-11-17)21(26)25-15-23(12-13-23)19-14-24-20-7-5-4-6-18(19)20/h4-11,14,24H,12-13,15H2,1-3H3,(H,25,26). The van der Waals surface area contributed by atoms with Crippen molar-refractivity contribution in [2.75, 3.05) is 6.54 Å². The third-order valence-corrected chi connectivity index (χ3v) is 5.61. The number of hydrogen-bond donors (Lipinski definition) is 2. The molecule has 4 rings (SSSR count). The maximum atomic E-state index is 12.6. The summed E-state index contributed by atoms with van der Waals surface area (Å²) in [5.74, 6) is 0.0107. The second-order valence-corrected chi connectivity index (χ2v) is 8.54. The fraction of sp³-hybridized carbons (Fsp3) is 0.348. The minimum Gasteiger partial charge on any atom is -0.361 e. The van der Waals surface area contributed by atoms with E-state index in [9.17, 15) is 4.79 Å². The lowest BCUT2D eigenvalue weighted by atomic mass is 9.86. The third kappa shape index (κ3) is 3.03. The molecule has 1 amide bonds. The van der Waals surface area contributed by atoms with E-state index in [4.69, 9.17) is 0 Å². The molecule has 3 nitrogen and oxygen atoms in total. The van der Waals surface area contributed by atoms with Gasteiger partial charge in [0.1, 0.15) is 0 Å². The second-order valence-electron chi connectivity index (χ2n) is 8.54. The molecule has 3 heteroatoms. The number of benzene rings is 2. The first kappa shape index (κ1) is 16.9. The topological polar surface area (TPSA) is 44.9 Å². The van der Waals surface area contributed by atoms with Gasteiger partial charge in [-0.1, -0.05) is 51.1 Å². The molecule has 26 heavy (non-hydrogen) atoms. The largest absolute Gasteiger partial charge is 0.361 e. The van der Waals surface area contributed by atoms with Gasteiger partial charge in [0.05, 0.1) is 0 Å². The molecule has 0 unspecified atom stereocenters. The van der Waals surface area contributed by atoms with Crippen LogP contribution in [0.4, 0.5) is 0 Å². The number of aromatic nitrogens is 1. The highest BCUT2D eigenvalue weighted by molar-refractivity contribution is 5.94. The fourth-order valence-corrected chi connectivity index (χ4v) is 3.68. The van der Waals surface area contributed by atoms with Crippen LogP contribution < -0.4 is 5.32 Å². The quantitative estimate of drug-likeness (QED) is 0.691. The molecule has 134 valence electrons. The number of amides is 1. The van der Waals surface area contributed by atoms with Gasteiger partial charge in [-0.25, -0.2) is 0 Å². The van der Waals surface area contributed by atoms with Crippen molar-refractivity contribution >= 4 is 16.8 Å². The Morgan fingerprint density at radius 1 is 1.08 bits per heavy atom. The van der Waals surface area contributed by atoms with Crippen molar-refractivity contribution < 1.29 is 4.79 Å². The summed E-state index contributed by atoms with van der Waals surface area (Å²) in [5.41, 5.74) is 4.65. The molecule has 2 N–H and O–H groups in total. The van der Waals surface area contributed by atoms with Gasteiger partial charge in [0, 0.05) is 34.6 Å². The van der Waals surface area contributed by atoms with Crippen molar-refractivity contribution in [2.45, 2.75) is 44.4 Å². The highest BCUT2D eigenvalue weighted by Crippen LogP contribution is 2.49. The zero-order valence-corrected chi connectivity index (χ0v) is 15.7. The Morgan fingerprint density at radius 2 is 1.77 bits per heavy atom. The van der Waals surface area contributed by atoms with Gasteiger partial charge in [0.15, 0.2) is 0 Å². The molecule has 0 bridgehead atoms. The van der Waals surface area contributed by atoms with Gasteiger partial charge < -0.3 is 10.3 Å². The van der Waals surface area contributed by atoms with Crippen molar-refractivity contribution in [1.29, 1.82) is 0 Å². The molecule has 3 aromatic rings. The van der Waals surface area contributed by atoms with Crippen LogP contribution in [-0.4, -0.2) is 17.4 Å². The monoisotopic (exact) mass is 346 g/mol. The van der Waals surface area contributed by atoms with E-state index in [0.717, 1.165) is 23.9 Å². The lowest BCUT2D eigenvalue weighted by Crippen LogP contribution is -2.32. The summed E-state index contributed by atoms with van der Waals surface area (Å²) in [7, 11) is 0. The number of aromatic amines is 1. The van der Waals surface area contributed by atoms with Crippen LogP contribution >= 0.6 is 0 Å². The van der Waals surface area contributed by atoms with E-state index in [0.29, 0.717) is 6.54 Å². The molecule has 1 aromatic heterocycles. The number of carbonyl (C=O) groups is 1. The SMILES string of the molecule is CC(C)(C)c1ccc(C(=O)NCC2(c3c[nH]c4ccccc34)CC2)cc1. The van der Waals surface area contributed by atoms with E-state index < -0.39 is 0 Å². The van der Waals surface area contributed by atoms with E-state index in [1.807, 2.05) is 18.2 Å². The van der Waals surface area contributed by atoms with Crippen LogP contribution in [0.3, 0.4) is 0 Å². The third-order valence-electron chi connectivity index (χ3n) is 5.61. The first-order valence-corrected chi connectivity index (χ1v) is 9.34. The Hall–Kier alpha value is -2.55. The van der Waals surface area contributed by atoms with Gasteiger partial charge in [-0.15, -0.1) is 0 Å². The summed E-state index contributed by atoms with van der Waals surface area (Å²) in [6, 6.07) is 16.4. The van der Waals surface area contributed by atoms with Crippen LogP contribution in [0.15, 0.2) is 54.7 Å². The van der Waals surface area contributed by atoms with Gasteiger partial charge in [0.2, 0.25) is 0 Å². The van der Waals surface area contributed by atoms with Crippen molar-refractivity contribution in [2.24, 2.45) is 0 Å². The zero-order chi connectivity index (χ0) is 18.4. The van der Waals surface area contributed by atoms with Crippen LogP contribution in [0.1, 0.15) is 55.1 Å². The number of nitrogens with one attached hydrogen (secondary N) is 2. The van der Waals surface area contributed by atoms with Gasteiger partial charge in [-0.2, -0.15) is 0 Å². The van der Waals surface area contributed by atoms with Crippen LogP contribution in [0, 0.1) is 0 Å². The van der Waals surface area contributed by atoms with Crippen molar-refractivity contribution in [1.82, 2.24) is 10.3 Å². The summed E-state index contributed by atoms with van der Waals surface area (Å²) in [4.78, 5) is 16.0. The van der Waals surface area contributed by atoms with E-state index in [-0.39, 0.29) is 16.7 Å². The van der Waals surface area contributed by atoms with E-state index in [1.54, 1.807) is 0 Å². The normalized spacial score (nSPS) is 15.8. The Bertz CT molecular complexity index is 940. The summed E-state index contributed by atoms with van der Waals surface area (Å²) < 4.78 is 0. The minimum atomic E-state index is 0.0107. The number of fused-ring (bicyclic) bond motifs is 1. The molecule has 1 saturated carbocycles. The molecular weight excluding hydrogens is 320 g/mol. The first-order valence-electron chi connectivity index (χ1n) is 9.34. The molecular formula is C23H26N2O. The van der Waals surface area contributed by atoms with E-state index in [2.05, 4.69) is 67.6 Å². The summed E-state index contributed by atoms with van der Waals surface area (Å²) in [6.45, 7) is 7.23. The van der Waals surface area contributed by atoms with E-state index in [1.165, 1.54) is 16.5 Å². The molecule has 2 aromatic carbocycles. The summed E-state index contributed by atoms with van der Waals surface area (Å²) in [6.07, 6.45) is 4.36. The lowest BCUT2D eigenvalue weighted by molar-refractivity contribution is 0.0949. The Balaban J connectivity index is 1.47. The predicted molar refractivity (Wildman–Crippen MR) is 107 cm³/mol. The lowest BCUT2D eigenvalue weighted by Gasteiger charge is -2.19. The maximum Gasteiger partial charge on any atom is 0.251 e. The Kier molecular flexibility index (Phi) is 3.91. The predicted octanol–water partition coefficient (Wildman–Crippen LogP) is 4.93. The number of H-pyrrole nitrogens is 1. The minimum absolute atomic E-state index is 0.0107. The molecule has 1 aliphatic rings.